The molecule has 3 rings (SSSR count). The highest BCUT2D eigenvalue weighted by Crippen LogP contribution is 2.30. The maximum absolute atomic E-state index is 11.4. The van der Waals surface area contributed by atoms with E-state index in [1.54, 1.807) is 31.2 Å². The van der Waals surface area contributed by atoms with Gasteiger partial charge in [-0.1, -0.05) is 55.1 Å². The first-order chi connectivity index (χ1) is 17.8. The molecule has 6 heteroatoms. The molecule has 0 aliphatic rings. The fourth-order valence-corrected chi connectivity index (χ4v) is 3.55. The summed E-state index contributed by atoms with van der Waals surface area (Å²) in [4.78, 5) is 17.1. The molecule has 0 aliphatic carbocycles. The lowest BCUT2D eigenvalue weighted by Crippen LogP contribution is -2.09. The summed E-state index contributed by atoms with van der Waals surface area (Å²) < 4.78 is 10.7. The molecule has 0 aromatic heterocycles. The average Bonchev–Trinajstić information content (AvgIpc) is 2.92. The van der Waals surface area contributed by atoms with Gasteiger partial charge in [0.05, 0.1) is 31.4 Å². The number of rotatable bonds is 10. The fraction of sp³-hybridized carbons (Fsp3) is 0.194. The third kappa shape index (κ3) is 7.10. The molecule has 3 aromatic carbocycles. The number of nitriles is 1. The van der Waals surface area contributed by atoms with E-state index in [0.29, 0.717) is 46.7 Å². The molecule has 186 valence electrons. The van der Waals surface area contributed by atoms with Gasteiger partial charge in [0.15, 0.2) is 0 Å². The highest BCUT2D eigenvalue weighted by molar-refractivity contribution is 6.00. The third-order valence-corrected chi connectivity index (χ3v) is 5.62. The molecule has 0 saturated heterocycles. The van der Waals surface area contributed by atoms with E-state index in [9.17, 15) is 10.1 Å². The van der Waals surface area contributed by atoms with E-state index < -0.39 is 5.97 Å². The van der Waals surface area contributed by atoms with Gasteiger partial charge in [0.25, 0.3) is 0 Å². The Morgan fingerprint density at radius 1 is 0.946 bits per heavy atom. The van der Waals surface area contributed by atoms with Crippen molar-refractivity contribution in [3.05, 3.63) is 107 Å². The van der Waals surface area contributed by atoms with Crippen LogP contribution in [0.2, 0.25) is 0 Å². The number of anilines is 1. The van der Waals surface area contributed by atoms with Crippen molar-refractivity contribution in [1.82, 2.24) is 0 Å². The van der Waals surface area contributed by atoms with Gasteiger partial charge in [0.1, 0.15) is 5.75 Å². The van der Waals surface area contributed by atoms with Gasteiger partial charge in [-0.25, -0.2) is 9.64 Å². The van der Waals surface area contributed by atoms with Crippen molar-refractivity contribution in [1.29, 1.82) is 5.26 Å². The van der Waals surface area contributed by atoms with Crippen molar-refractivity contribution in [2.45, 2.75) is 13.3 Å². The largest absolute Gasteiger partial charge is 0.493 e. The average molecular weight is 492 g/mol. The first kappa shape index (κ1) is 26.8. The molecule has 0 bridgehead atoms. The first-order valence-corrected chi connectivity index (χ1v) is 11.8. The third-order valence-electron chi connectivity index (χ3n) is 5.62. The molecule has 0 amide bonds. The van der Waals surface area contributed by atoms with Gasteiger partial charge < -0.3 is 14.4 Å². The summed E-state index contributed by atoms with van der Waals surface area (Å²) in [6, 6.07) is 25.2. The lowest BCUT2D eigenvalue weighted by atomic mass is 9.98. The number of ether oxygens (including phenoxy) is 2. The van der Waals surface area contributed by atoms with Gasteiger partial charge in [0, 0.05) is 31.8 Å². The molecule has 0 unspecified atom stereocenters. The van der Waals surface area contributed by atoms with Crippen LogP contribution in [0.4, 0.5) is 5.69 Å². The second-order valence-corrected chi connectivity index (χ2v) is 8.61. The monoisotopic (exact) mass is 491 g/mol. The van der Waals surface area contributed by atoms with Crippen molar-refractivity contribution in [2.75, 3.05) is 32.2 Å². The zero-order valence-electron chi connectivity index (χ0n) is 21.3. The standard InChI is InChI=1S/C31H29N3O3/c1-22(2)31(35)37-20-6-19-36-28-17-13-25(14-18-28)29(21-32)30(33-3)26-9-7-23(8-10-26)24-11-15-27(16-12-24)34(4)5/h7-18H,1,6,19-20H2,2,4-5H3. The second kappa shape index (κ2) is 12.8. The second-order valence-electron chi connectivity index (χ2n) is 8.61. The number of hydrogen-bond donors (Lipinski definition) is 0. The summed E-state index contributed by atoms with van der Waals surface area (Å²) in [5.41, 5.74) is 5.52. The van der Waals surface area contributed by atoms with Crippen LogP contribution in [0.3, 0.4) is 0 Å². The van der Waals surface area contributed by atoms with E-state index in [-0.39, 0.29) is 6.61 Å². The van der Waals surface area contributed by atoms with E-state index in [1.165, 1.54) is 0 Å². The predicted octanol–water partition coefficient (Wildman–Crippen LogP) is 6.62. The molecule has 37 heavy (non-hydrogen) atoms. The van der Waals surface area contributed by atoms with Crippen molar-refractivity contribution >= 4 is 22.9 Å². The normalized spacial score (nSPS) is 10.9. The van der Waals surface area contributed by atoms with Crippen LogP contribution in [0.1, 0.15) is 24.5 Å². The van der Waals surface area contributed by atoms with Crippen molar-refractivity contribution in [3.63, 3.8) is 0 Å². The zero-order valence-corrected chi connectivity index (χ0v) is 21.3. The van der Waals surface area contributed by atoms with Gasteiger partial charge in [-0.3, -0.25) is 0 Å². The number of carbonyl (C=O) groups is 1. The molecular weight excluding hydrogens is 462 g/mol. The SMILES string of the molecule is [C-]#[N+]C(=C(C#N)c1ccc(OCCCOC(=O)C(=C)C)cc1)c1ccc(-c2ccc(N(C)C)cc2)cc1. The number of carbonyl (C=O) groups excluding carboxylic acids is 1. The Labute approximate surface area is 218 Å². The molecule has 0 aliphatic heterocycles. The fourth-order valence-electron chi connectivity index (χ4n) is 3.55. The van der Waals surface area contributed by atoms with Crippen LogP contribution in [0, 0.1) is 17.9 Å². The topological polar surface area (TPSA) is 66.9 Å². The number of esters is 1. The Hall–Kier alpha value is -4.81. The lowest BCUT2D eigenvalue weighted by molar-refractivity contribution is -0.139. The van der Waals surface area contributed by atoms with Crippen molar-refractivity contribution in [2.24, 2.45) is 0 Å². The summed E-state index contributed by atoms with van der Waals surface area (Å²) in [7, 11) is 4.00. The van der Waals surface area contributed by atoms with Crippen LogP contribution in [-0.4, -0.2) is 33.3 Å². The molecule has 0 N–H and O–H groups in total. The Bertz CT molecular complexity index is 1360. The summed E-state index contributed by atoms with van der Waals surface area (Å²) in [5.74, 6) is 0.213. The number of hydrogen-bond acceptors (Lipinski definition) is 5. The summed E-state index contributed by atoms with van der Waals surface area (Å²) in [6.45, 7) is 13.5. The van der Waals surface area contributed by atoms with Gasteiger partial charge in [0.2, 0.25) is 5.70 Å². The predicted molar refractivity (Wildman–Crippen MR) is 148 cm³/mol. The smallest absolute Gasteiger partial charge is 0.333 e. The van der Waals surface area contributed by atoms with Crippen LogP contribution in [0.15, 0.2) is 84.9 Å². The van der Waals surface area contributed by atoms with E-state index in [2.05, 4.69) is 41.8 Å². The highest BCUT2D eigenvalue weighted by atomic mass is 16.5. The Kier molecular flexibility index (Phi) is 9.24. The summed E-state index contributed by atoms with van der Waals surface area (Å²) in [5, 5.41) is 9.87. The van der Waals surface area contributed by atoms with Gasteiger partial charge in [-0.2, -0.15) is 5.26 Å². The van der Waals surface area contributed by atoms with Crippen molar-refractivity contribution in [3.8, 4) is 22.9 Å². The maximum atomic E-state index is 11.4. The zero-order chi connectivity index (χ0) is 26.8. The van der Waals surface area contributed by atoms with Gasteiger partial charge in [-0.15, -0.1) is 0 Å². The van der Waals surface area contributed by atoms with Crippen LogP contribution >= 0.6 is 0 Å². The molecular formula is C31H29N3O3. The van der Waals surface area contributed by atoms with Gasteiger partial charge >= 0.3 is 5.97 Å². The summed E-state index contributed by atoms with van der Waals surface area (Å²) >= 11 is 0. The van der Waals surface area contributed by atoms with E-state index >= 15 is 0 Å². The molecule has 3 aromatic rings. The molecule has 0 spiro atoms. The molecule has 0 fully saturated rings. The molecule has 0 heterocycles. The minimum atomic E-state index is -0.413. The van der Waals surface area contributed by atoms with E-state index in [0.717, 1.165) is 16.8 Å². The van der Waals surface area contributed by atoms with Crippen LogP contribution in [0.25, 0.3) is 27.2 Å². The first-order valence-electron chi connectivity index (χ1n) is 11.8. The molecule has 6 nitrogen and oxygen atoms in total. The Morgan fingerprint density at radius 3 is 2.03 bits per heavy atom. The molecule has 0 saturated carbocycles. The number of benzene rings is 3. The minimum absolute atomic E-state index is 0.250. The summed E-state index contributed by atoms with van der Waals surface area (Å²) in [6.07, 6.45) is 0.543. The number of nitrogens with zero attached hydrogens (tertiary/aromatic N) is 3. The highest BCUT2D eigenvalue weighted by Gasteiger charge is 2.13. The number of allylic oxidation sites excluding steroid dienone is 1. The quantitative estimate of drug-likeness (QED) is 0.0796. The lowest BCUT2D eigenvalue weighted by Gasteiger charge is -2.13. The van der Waals surface area contributed by atoms with E-state index in [1.807, 2.05) is 43.3 Å². The molecule has 0 atom stereocenters. The van der Waals surface area contributed by atoms with Crippen molar-refractivity contribution < 1.29 is 14.3 Å². The molecule has 0 radical (unpaired) electrons. The van der Waals surface area contributed by atoms with Crippen LogP contribution in [-0.2, 0) is 9.53 Å². The van der Waals surface area contributed by atoms with Gasteiger partial charge in [-0.05, 0) is 53.4 Å². The minimum Gasteiger partial charge on any atom is -0.493 e. The Balaban J connectivity index is 1.71. The van der Waals surface area contributed by atoms with Crippen LogP contribution in [0.5, 0.6) is 5.75 Å². The maximum Gasteiger partial charge on any atom is 0.333 e. The van der Waals surface area contributed by atoms with E-state index in [4.69, 9.17) is 16.0 Å². The van der Waals surface area contributed by atoms with Crippen LogP contribution < -0.4 is 9.64 Å². The Morgan fingerprint density at radius 2 is 1.51 bits per heavy atom.